The number of aliphatic hydroxyl groups is 7. The second-order valence-corrected chi connectivity index (χ2v) is 13.8. The van der Waals surface area contributed by atoms with E-state index >= 15 is 0 Å². The highest BCUT2D eigenvalue weighted by Gasteiger charge is 2.51. The van der Waals surface area contributed by atoms with Crippen molar-refractivity contribution in [2.45, 2.75) is 100 Å². The lowest BCUT2D eigenvalue weighted by molar-refractivity contribution is -0.248. The molecule has 3 aliphatic heterocycles. The smallest absolute Gasteiger partial charge is 0.394 e. The van der Waals surface area contributed by atoms with E-state index in [1.807, 2.05) is 0 Å². The fraction of sp³-hybridized carbons (Fsp3) is 0.893. The van der Waals surface area contributed by atoms with Crippen LogP contribution in [0.25, 0.3) is 0 Å². The summed E-state index contributed by atoms with van der Waals surface area (Å²) < 4.78 is 45.8. The fourth-order valence-electron chi connectivity index (χ4n) is 6.52. The zero-order valence-corrected chi connectivity index (χ0v) is 29.1. The van der Waals surface area contributed by atoms with E-state index in [1.165, 1.54) is 0 Å². The van der Waals surface area contributed by atoms with Crippen LogP contribution in [0.4, 0.5) is 0 Å². The molecule has 23 heteroatoms. The summed E-state index contributed by atoms with van der Waals surface area (Å²) in [5.74, 6) is -4.03. The Morgan fingerprint density at radius 1 is 0.588 bits per heavy atom. The minimum Gasteiger partial charge on any atom is -0.394 e. The Balaban J connectivity index is 1.80. The molecule has 12 N–H and O–H groups in total. The van der Waals surface area contributed by atoms with E-state index < -0.39 is 156 Å². The van der Waals surface area contributed by atoms with Gasteiger partial charge in [-0.05, 0) is 0 Å². The van der Waals surface area contributed by atoms with Crippen molar-refractivity contribution in [3.05, 3.63) is 0 Å². The SMILES string of the molecule is CC(=O)NC1[C@H](COC[C@H]2C(CO)O[C@@H](COC[C@@H]3C(CO)O[C@@H](O)C(NC(C)=O)[C@H]3O)C(NC(C)=O)[C@H]2OP(=O)(O)O)OC(CO)[C@@H](O)[C@@H]1O. The molecule has 0 radical (unpaired) electrons. The highest BCUT2D eigenvalue weighted by molar-refractivity contribution is 7.46. The molecule has 15 atom stereocenters. The van der Waals surface area contributed by atoms with E-state index in [1.54, 1.807) is 0 Å². The first-order chi connectivity index (χ1) is 23.9. The van der Waals surface area contributed by atoms with Crippen LogP contribution in [0.5, 0.6) is 0 Å². The van der Waals surface area contributed by atoms with E-state index in [0.717, 1.165) is 20.8 Å². The van der Waals surface area contributed by atoms with E-state index in [9.17, 15) is 64.5 Å². The highest BCUT2D eigenvalue weighted by atomic mass is 31.2. The highest BCUT2D eigenvalue weighted by Crippen LogP contribution is 2.43. The molecular formula is C28H50N3O19P. The first-order valence-corrected chi connectivity index (χ1v) is 17.7. The van der Waals surface area contributed by atoms with E-state index in [2.05, 4.69) is 16.0 Å². The quantitative estimate of drug-likeness (QED) is 0.0650. The number of rotatable bonds is 16. The van der Waals surface area contributed by atoms with Crippen LogP contribution < -0.4 is 16.0 Å². The number of carbonyl (C=O) groups excluding carboxylic acids is 3. The summed E-state index contributed by atoms with van der Waals surface area (Å²) in [6.07, 6.45) is -13.8. The number of aliphatic hydroxyl groups excluding tert-OH is 7. The summed E-state index contributed by atoms with van der Waals surface area (Å²) >= 11 is 0. The number of carbonyl (C=O) groups is 3. The van der Waals surface area contributed by atoms with E-state index in [4.69, 9.17) is 28.2 Å². The zero-order chi connectivity index (χ0) is 38.2. The van der Waals surface area contributed by atoms with Gasteiger partial charge in [0.25, 0.3) is 0 Å². The van der Waals surface area contributed by atoms with Crippen LogP contribution in [0.2, 0.25) is 0 Å². The molecule has 296 valence electrons. The van der Waals surface area contributed by atoms with Crippen molar-refractivity contribution >= 4 is 25.5 Å². The molecule has 22 nitrogen and oxygen atoms in total. The minimum absolute atomic E-state index is 0.367. The molecule has 3 aliphatic rings. The maximum atomic E-state index is 12.3. The summed E-state index contributed by atoms with van der Waals surface area (Å²) in [5, 5.41) is 78.9. The van der Waals surface area contributed by atoms with Crippen LogP contribution >= 0.6 is 7.82 Å². The standard InChI is InChI=1S/C28H50N3O19P/c1-11(35)29-21-19(48-18(6-34)25(39)26(21)40)9-46-8-15-17(5-33)47-20(22(30-12(2)36)27(15)50-51(42,43)44)10-45-7-14-16(4-32)49-28(41)23(24(14)38)31-13(3)37/h14-28,32-34,38-41H,4-10H2,1-3H3,(H,29,35)(H,30,36)(H,31,37)(H2,42,43,44)/t14-,15+,16?,17?,18?,19+,20+,21?,22?,23?,24+,25-,26-,27+,28-/m1/s1. The molecule has 0 saturated carbocycles. The summed E-state index contributed by atoms with van der Waals surface area (Å²) in [7, 11) is -5.30. The number of hydrogen-bond donors (Lipinski definition) is 12. The Hall–Kier alpha value is -1.96. The first-order valence-electron chi connectivity index (χ1n) is 16.1. The second kappa shape index (κ2) is 19.4. The van der Waals surface area contributed by atoms with Crippen molar-refractivity contribution in [1.29, 1.82) is 0 Å². The monoisotopic (exact) mass is 763 g/mol. The number of phosphoric acid groups is 1. The zero-order valence-electron chi connectivity index (χ0n) is 28.2. The first kappa shape index (κ1) is 43.4. The average molecular weight is 764 g/mol. The third kappa shape index (κ3) is 11.8. The van der Waals surface area contributed by atoms with Gasteiger partial charge in [0.05, 0.1) is 82.7 Å². The molecule has 0 aromatic rings. The minimum atomic E-state index is -5.30. The van der Waals surface area contributed by atoms with Crippen molar-refractivity contribution < 1.29 is 92.7 Å². The van der Waals surface area contributed by atoms with E-state index in [0.29, 0.717) is 0 Å². The Morgan fingerprint density at radius 2 is 1.04 bits per heavy atom. The third-order valence-corrected chi connectivity index (χ3v) is 9.37. The lowest BCUT2D eigenvalue weighted by Crippen LogP contribution is -2.65. The van der Waals surface area contributed by atoms with Gasteiger partial charge >= 0.3 is 7.82 Å². The Bertz CT molecular complexity index is 1200. The third-order valence-electron chi connectivity index (χ3n) is 8.85. The summed E-state index contributed by atoms with van der Waals surface area (Å²) in [4.78, 5) is 55.4. The molecule has 0 spiro atoms. The van der Waals surface area contributed by atoms with Crippen LogP contribution in [-0.4, -0.2) is 189 Å². The maximum Gasteiger partial charge on any atom is 0.469 e. The topological polar surface area (TPSA) is 342 Å². The van der Waals surface area contributed by atoms with Gasteiger partial charge in [0.2, 0.25) is 17.7 Å². The van der Waals surface area contributed by atoms with E-state index in [-0.39, 0.29) is 6.61 Å². The predicted molar refractivity (Wildman–Crippen MR) is 166 cm³/mol. The van der Waals surface area contributed by atoms with Gasteiger partial charge in [-0.3, -0.25) is 18.9 Å². The van der Waals surface area contributed by atoms with Gasteiger partial charge in [-0.15, -0.1) is 0 Å². The van der Waals surface area contributed by atoms with Crippen LogP contribution in [0.3, 0.4) is 0 Å². The second-order valence-electron chi connectivity index (χ2n) is 12.7. The van der Waals surface area contributed by atoms with Gasteiger partial charge in [0.1, 0.15) is 36.6 Å². The molecule has 3 saturated heterocycles. The summed E-state index contributed by atoms with van der Waals surface area (Å²) in [6, 6.07) is -3.81. The number of hydrogen-bond acceptors (Lipinski definition) is 17. The van der Waals surface area contributed by atoms with Crippen LogP contribution in [0, 0.1) is 11.8 Å². The van der Waals surface area contributed by atoms with Gasteiger partial charge < -0.3 is 85.2 Å². The fourth-order valence-corrected chi connectivity index (χ4v) is 7.12. The van der Waals surface area contributed by atoms with Crippen molar-refractivity contribution in [2.24, 2.45) is 11.8 Å². The van der Waals surface area contributed by atoms with Crippen molar-refractivity contribution in [2.75, 3.05) is 46.2 Å². The van der Waals surface area contributed by atoms with Gasteiger partial charge in [-0.1, -0.05) is 0 Å². The molecule has 0 aromatic carbocycles. The maximum absolute atomic E-state index is 12.3. The lowest BCUT2D eigenvalue weighted by atomic mass is 9.85. The predicted octanol–water partition coefficient (Wildman–Crippen LogP) is -6.44. The Kier molecular flexibility index (Phi) is 16.5. The number of ether oxygens (including phenoxy) is 5. The molecule has 3 heterocycles. The van der Waals surface area contributed by atoms with Crippen molar-refractivity contribution in [3.63, 3.8) is 0 Å². The number of phosphoric ester groups is 1. The molecule has 0 aliphatic carbocycles. The normalized spacial score (nSPS) is 38.9. The molecule has 51 heavy (non-hydrogen) atoms. The molecule has 3 rings (SSSR count). The number of amides is 3. The van der Waals surface area contributed by atoms with Crippen molar-refractivity contribution in [1.82, 2.24) is 16.0 Å². The molecule has 0 aromatic heterocycles. The summed E-state index contributed by atoms with van der Waals surface area (Å²) in [5.41, 5.74) is 0. The van der Waals surface area contributed by atoms with Gasteiger partial charge in [0, 0.05) is 32.6 Å². The van der Waals surface area contributed by atoms with Gasteiger partial charge in [-0.2, -0.15) is 0 Å². The van der Waals surface area contributed by atoms with Crippen LogP contribution in [-0.2, 0) is 47.2 Å². The Labute approximate surface area is 292 Å². The van der Waals surface area contributed by atoms with Gasteiger partial charge in [-0.25, -0.2) is 4.57 Å². The molecule has 0 bridgehead atoms. The Morgan fingerprint density at radius 3 is 1.55 bits per heavy atom. The largest absolute Gasteiger partial charge is 0.469 e. The molecular weight excluding hydrogens is 713 g/mol. The lowest BCUT2D eigenvalue weighted by Gasteiger charge is -2.47. The number of nitrogens with one attached hydrogen (secondary N) is 3. The summed E-state index contributed by atoms with van der Waals surface area (Å²) in [6.45, 7) is -0.327. The molecule has 3 amide bonds. The van der Waals surface area contributed by atoms with Crippen LogP contribution in [0.15, 0.2) is 0 Å². The average Bonchev–Trinajstić information content (AvgIpc) is 3.04. The van der Waals surface area contributed by atoms with Crippen LogP contribution in [0.1, 0.15) is 20.8 Å². The van der Waals surface area contributed by atoms with Gasteiger partial charge in [0.15, 0.2) is 6.29 Å². The molecule has 3 fully saturated rings. The van der Waals surface area contributed by atoms with Crippen molar-refractivity contribution in [3.8, 4) is 0 Å². The molecule has 6 unspecified atom stereocenters.